The van der Waals surface area contributed by atoms with Gasteiger partial charge in [-0.05, 0) is 44.4 Å². The molecular weight excluding hydrogens is 224 g/mol. The second kappa shape index (κ2) is 4.84. The molecule has 3 fully saturated rings. The average Bonchev–Trinajstić information content (AvgIpc) is 3.08. The summed E-state index contributed by atoms with van der Waals surface area (Å²) in [7, 11) is 0. The topological polar surface area (TPSA) is 46.3 Å². The van der Waals surface area contributed by atoms with Crippen molar-refractivity contribution in [3.05, 3.63) is 0 Å². The van der Waals surface area contributed by atoms with Crippen molar-refractivity contribution in [1.82, 2.24) is 4.90 Å². The van der Waals surface area contributed by atoms with Gasteiger partial charge in [0.15, 0.2) is 0 Å². The summed E-state index contributed by atoms with van der Waals surface area (Å²) in [5.74, 6) is 1.16. The van der Waals surface area contributed by atoms with E-state index in [0.29, 0.717) is 18.5 Å². The van der Waals surface area contributed by atoms with E-state index in [0.717, 1.165) is 25.3 Å². The molecule has 0 aromatic heterocycles. The predicted octanol–water partition coefficient (Wildman–Crippen LogP) is 2.30. The van der Waals surface area contributed by atoms with Crippen molar-refractivity contribution < 1.29 is 4.79 Å². The van der Waals surface area contributed by atoms with E-state index in [-0.39, 0.29) is 5.41 Å². The van der Waals surface area contributed by atoms with Crippen LogP contribution in [-0.4, -0.2) is 29.9 Å². The molecule has 1 aliphatic heterocycles. The van der Waals surface area contributed by atoms with Gasteiger partial charge in [0.1, 0.15) is 0 Å². The van der Waals surface area contributed by atoms with Gasteiger partial charge >= 0.3 is 0 Å². The molecule has 3 nitrogen and oxygen atoms in total. The number of likely N-dealkylation sites (tertiary alicyclic amines) is 1. The van der Waals surface area contributed by atoms with Crippen LogP contribution in [-0.2, 0) is 4.79 Å². The smallest absolute Gasteiger partial charge is 0.230 e. The quantitative estimate of drug-likeness (QED) is 0.835. The summed E-state index contributed by atoms with van der Waals surface area (Å²) in [6.07, 6.45) is 11.3. The Morgan fingerprint density at radius 2 is 1.83 bits per heavy atom. The highest BCUT2D eigenvalue weighted by Crippen LogP contribution is 2.48. The summed E-state index contributed by atoms with van der Waals surface area (Å²) in [6.45, 7) is 1.54. The number of amides is 1. The molecule has 0 radical (unpaired) electrons. The van der Waals surface area contributed by atoms with E-state index in [9.17, 15) is 4.79 Å². The number of carbonyl (C=O) groups excluding carboxylic acids is 1. The maximum absolute atomic E-state index is 12.7. The Balaban J connectivity index is 1.69. The summed E-state index contributed by atoms with van der Waals surface area (Å²) in [4.78, 5) is 14.9. The van der Waals surface area contributed by atoms with Crippen LogP contribution < -0.4 is 5.73 Å². The molecule has 1 heterocycles. The predicted molar refractivity (Wildman–Crippen MR) is 72.0 cm³/mol. The van der Waals surface area contributed by atoms with E-state index in [1.165, 1.54) is 44.9 Å². The van der Waals surface area contributed by atoms with E-state index >= 15 is 0 Å². The monoisotopic (exact) mass is 250 g/mol. The van der Waals surface area contributed by atoms with E-state index in [1.54, 1.807) is 0 Å². The van der Waals surface area contributed by atoms with Crippen molar-refractivity contribution in [2.75, 3.05) is 13.1 Å². The molecular formula is C15H26N2O. The van der Waals surface area contributed by atoms with Gasteiger partial charge in [-0.2, -0.15) is 0 Å². The zero-order valence-electron chi connectivity index (χ0n) is 11.4. The molecule has 0 aromatic rings. The van der Waals surface area contributed by atoms with Gasteiger partial charge in [-0.1, -0.05) is 19.3 Å². The fraction of sp³-hybridized carbons (Fsp3) is 0.933. The summed E-state index contributed by atoms with van der Waals surface area (Å²) in [5, 5.41) is 0. The SMILES string of the molecule is NCC1(C(=O)N2CCCC2C2CCCCC2)CC1. The van der Waals surface area contributed by atoms with Crippen LogP contribution in [0.5, 0.6) is 0 Å². The van der Waals surface area contributed by atoms with Gasteiger partial charge in [0.25, 0.3) is 0 Å². The fourth-order valence-corrected chi connectivity index (χ4v) is 4.01. The van der Waals surface area contributed by atoms with Gasteiger partial charge in [0.2, 0.25) is 5.91 Å². The Morgan fingerprint density at radius 3 is 2.44 bits per heavy atom. The number of nitrogens with two attached hydrogens (primary N) is 1. The largest absolute Gasteiger partial charge is 0.339 e. The molecule has 1 amide bonds. The number of carbonyl (C=O) groups is 1. The first-order chi connectivity index (χ1) is 8.77. The molecule has 3 heteroatoms. The first-order valence-corrected chi connectivity index (χ1v) is 7.78. The molecule has 0 spiro atoms. The van der Waals surface area contributed by atoms with Gasteiger partial charge in [0.05, 0.1) is 5.41 Å². The maximum atomic E-state index is 12.7. The third kappa shape index (κ3) is 2.07. The Kier molecular flexibility index (Phi) is 3.35. The van der Waals surface area contributed by atoms with E-state index in [2.05, 4.69) is 4.90 Å². The Morgan fingerprint density at radius 1 is 1.11 bits per heavy atom. The van der Waals surface area contributed by atoms with Crippen LogP contribution in [0, 0.1) is 11.3 Å². The lowest BCUT2D eigenvalue weighted by atomic mass is 9.82. The fourth-order valence-electron chi connectivity index (χ4n) is 4.01. The lowest BCUT2D eigenvalue weighted by molar-refractivity contribution is -0.138. The standard InChI is InChI=1S/C15H26N2O/c16-11-15(8-9-15)14(18)17-10-4-7-13(17)12-5-2-1-3-6-12/h12-13H,1-11,16H2. The normalized spacial score (nSPS) is 31.6. The summed E-state index contributed by atoms with van der Waals surface area (Å²) < 4.78 is 0. The number of hydrogen-bond acceptors (Lipinski definition) is 2. The van der Waals surface area contributed by atoms with E-state index in [1.807, 2.05) is 0 Å². The first kappa shape index (κ1) is 12.5. The number of rotatable bonds is 3. The number of hydrogen-bond donors (Lipinski definition) is 1. The summed E-state index contributed by atoms with van der Waals surface area (Å²) >= 11 is 0. The minimum absolute atomic E-state index is 0.142. The Labute approximate surface area is 110 Å². The minimum Gasteiger partial charge on any atom is -0.339 e. The summed E-state index contributed by atoms with van der Waals surface area (Å²) in [5.41, 5.74) is 5.67. The number of nitrogens with zero attached hydrogens (tertiary/aromatic N) is 1. The van der Waals surface area contributed by atoms with Crippen molar-refractivity contribution >= 4 is 5.91 Å². The van der Waals surface area contributed by atoms with E-state index in [4.69, 9.17) is 5.73 Å². The molecule has 1 unspecified atom stereocenters. The lowest BCUT2D eigenvalue weighted by Crippen LogP contribution is -2.46. The average molecular weight is 250 g/mol. The van der Waals surface area contributed by atoms with Crippen molar-refractivity contribution in [2.24, 2.45) is 17.1 Å². The van der Waals surface area contributed by atoms with E-state index < -0.39 is 0 Å². The van der Waals surface area contributed by atoms with Crippen LogP contribution in [0.15, 0.2) is 0 Å². The molecule has 1 saturated heterocycles. The molecule has 2 saturated carbocycles. The van der Waals surface area contributed by atoms with Crippen LogP contribution in [0.2, 0.25) is 0 Å². The molecule has 1 atom stereocenters. The maximum Gasteiger partial charge on any atom is 0.230 e. The van der Waals surface area contributed by atoms with Crippen LogP contribution in [0.4, 0.5) is 0 Å². The first-order valence-electron chi connectivity index (χ1n) is 7.78. The molecule has 18 heavy (non-hydrogen) atoms. The molecule has 3 aliphatic rings. The minimum atomic E-state index is -0.142. The zero-order chi connectivity index (χ0) is 12.6. The lowest BCUT2D eigenvalue weighted by Gasteiger charge is -2.35. The van der Waals surface area contributed by atoms with Crippen LogP contribution in [0.25, 0.3) is 0 Å². The molecule has 2 N–H and O–H groups in total. The highest BCUT2D eigenvalue weighted by molar-refractivity contribution is 5.86. The van der Waals surface area contributed by atoms with Gasteiger partial charge in [-0.25, -0.2) is 0 Å². The zero-order valence-corrected chi connectivity index (χ0v) is 11.4. The molecule has 0 bridgehead atoms. The summed E-state index contributed by atoms with van der Waals surface area (Å²) in [6, 6.07) is 0.543. The highest BCUT2D eigenvalue weighted by Gasteiger charge is 2.52. The molecule has 3 rings (SSSR count). The van der Waals surface area contributed by atoms with Gasteiger partial charge < -0.3 is 10.6 Å². The third-order valence-corrected chi connectivity index (χ3v) is 5.45. The van der Waals surface area contributed by atoms with Crippen LogP contribution >= 0.6 is 0 Å². The van der Waals surface area contributed by atoms with Crippen molar-refractivity contribution in [2.45, 2.75) is 63.8 Å². The molecule has 2 aliphatic carbocycles. The second-order valence-electron chi connectivity index (χ2n) is 6.59. The van der Waals surface area contributed by atoms with Crippen molar-refractivity contribution in [3.63, 3.8) is 0 Å². The van der Waals surface area contributed by atoms with Crippen LogP contribution in [0.3, 0.4) is 0 Å². The second-order valence-corrected chi connectivity index (χ2v) is 6.59. The Bertz CT molecular complexity index is 318. The Hall–Kier alpha value is -0.570. The van der Waals surface area contributed by atoms with Gasteiger partial charge in [-0.3, -0.25) is 4.79 Å². The third-order valence-electron chi connectivity index (χ3n) is 5.45. The van der Waals surface area contributed by atoms with Crippen molar-refractivity contribution in [1.29, 1.82) is 0 Å². The molecule has 102 valence electrons. The molecule has 0 aromatic carbocycles. The van der Waals surface area contributed by atoms with Crippen LogP contribution in [0.1, 0.15) is 57.8 Å². The van der Waals surface area contributed by atoms with Crippen molar-refractivity contribution in [3.8, 4) is 0 Å². The highest BCUT2D eigenvalue weighted by atomic mass is 16.2. The van der Waals surface area contributed by atoms with Gasteiger partial charge in [-0.15, -0.1) is 0 Å². The van der Waals surface area contributed by atoms with Gasteiger partial charge in [0, 0.05) is 19.1 Å².